The standard InChI is InChI=1S/C19H30N2O4/c1-22-18-15-17(21-8-12-25-13-9-21)19(23-2)14-16(18)4-3-5-20-6-10-24-11-7-20/h14-15H,3-13H2,1-2H3. The van der Waals surface area contributed by atoms with E-state index in [9.17, 15) is 0 Å². The summed E-state index contributed by atoms with van der Waals surface area (Å²) in [4.78, 5) is 4.78. The predicted octanol–water partition coefficient (Wildman–Crippen LogP) is 1.81. The van der Waals surface area contributed by atoms with E-state index in [-0.39, 0.29) is 0 Å². The summed E-state index contributed by atoms with van der Waals surface area (Å²) in [5.41, 5.74) is 2.31. The van der Waals surface area contributed by atoms with Crippen LogP contribution < -0.4 is 14.4 Å². The Labute approximate surface area is 150 Å². The average Bonchev–Trinajstić information content (AvgIpc) is 2.69. The molecule has 0 N–H and O–H groups in total. The second kappa shape index (κ2) is 9.27. The Kier molecular flexibility index (Phi) is 6.78. The van der Waals surface area contributed by atoms with E-state index in [1.54, 1.807) is 14.2 Å². The van der Waals surface area contributed by atoms with E-state index in [2.05, 4.69) is 21.9 Å². The molecule has 0 saturated carbocycles. The summed E-state index contributed by atoms with van der Waals surface area (Å²) in [5, 5.41) is 0. The predicted molar refractivity (Wildman–Crippen MR) is 98.2 cm³/mol. The number of rotatable bonds is 7. The zero-order valence-corrected chi connectivity index (χ0v) is 15.5. The van der Waals surface area contributed by atoms with Crippen LogP contribution in [0, 0.1) is 0 Å². The van der Waals surface area contributed by atoms with Crippen molar-refractivity contribution in [1.82, 2.24) is 4.90 Å². The van der Waals surface area contributed by atoms with E-state index in [0.29, 0.717) is 0 Å². The van der Waals surface area contributed by atoms with Crippen LogP contribution in [0.15, 0.2) is 12.1 Å². The Balaban J connectivity index is 1.67. The van der Waals surface area contributed by atoms with E-state index in [1.165, 1.54) is 5.56 Å². The lowest BCUT2D eigenvalue weighted by molar-refractivity contribution is 0.0374. The lowest BCUT2D eigenvalue weighted by Crippen LogP contribution is -2.37. The molecule has 0 aliphatic carbocycles. The number of morpholine rings is 2. The van der Waals surface area contributed by atoms with Gasteiger partial charge in [0.1, 0.15) is 11.5 Å². The lowest BCUT2D eigenvalue weighted by atomic mass is 10.1. The molecule has 0 spiro atoms. The molecule has 3 rings (SSSR count). The first kappa shape index (κ1) is 18.3. The van der Waals surface area contributed by atoms with E-state index in [1.807, 2.05) is 0 Å². The van der Waals surface area contributed by atoms with Crippen LogP contribution in [-0.4, -0.2) is 78.3 Å². The van der Waals surface area contributed by atoms with Gasteiger partial charge in [-0.05, 0) is 31.0 Å². The molecule has 1 aromatic rings. The van der Waals surface area contributed by atoms with Gasteiger partial charge in [0.15, 0.2) is 0 Å². The van der Waals surface area contributed by atoms with Crippen molar-refractivity contribution in [2.24, 2.45) is 0 Å². The molecule has 2 aliphatic heterocycles. The number of aryl methyl sites for hydroxylation is 1. The molecule has 25 heavy (non-hydrogen) atoms. The van der Waals surface area contributed by atoms with Crippen molar-refractivity contribution in [2.75, 3.05) is 78.3 Å². The van der Waals surface area contributed by atoms with E-state index in [0.717, 1.165) is 89.2 Å². The van der Waals surface area contributed by atoms with Gasteiger partial charge < -0.3 is 23.8 Å². The topological polar surface area (TPSA) is 43.4 Å². The molecular formula is C19H30N2O4. The molecule has 0 radical (unpaired) electrons. The van der Waals surface area contributed by atoms with Gasteiger partial charge in [0.2, 0.25) is 0 Å². The molecule has 2 aliphatic rings. The van der Waals surface area contributed by atoms with Crippen LogP contribution >= 0.6 is 0 Å². The second-order valence-corrected chi connectivity index (χ2v) is 6.49. The summed E-state index contributed by atoms with van der Waals surface area (Å²) in [6.45, 7) is 8.16. The summed E-state index contributed by atoms with van der Waals surface area (Å²) >= 11 is 0. The molecule has 0 unspecified atom stereocenters. The SMILES string of the molecule is COc1cc(N2CCOCC2)c(OC)cc1CCCN1CCOCC1. The van der Waals surface area contributed by atoms with Gasteiger partial charge >= 0.3 is 0 Å². The number of benzene rings is 1. The van der Waals surface area contributed by atoms with Crippen LogP contribution in [0.4, 0.5) is 5.69 Å². The zero-order valence-electron chi connectivity index (χ0n) is 15.5. The maximum Gasteiger partial charge on any atom is 0.142 e. The van der Waals surface area contributed by atoms with Crippen molar-refractivity contribution in [3.8, 4) is 11.5 Å². The fourth-order valence-corrected chi connectivity index (χ4v) is 3.51. The van der Waals surface area contributed by atoms with Crippen molar-refractivity contribution < 1.29 is 18.9 Å². The number of methoxy groups -OCH3 is 2. The quantitative estimate of drug-likeness (QED) is 0.747. The van der Waals surface area contributed by atoms with Gasteiger partial charge in [0.05, 0.1) is 46.3 Å². The van der Waals surface area contributed by atoms with Crippen LogP contribution in [0.3, 0.4) is 0 Å². The highest BCUT2D eigenvalue weighted by Gasteiger charge is 2.19. The maximum atomic E-state index is 5.67. The van der Waals surface area contributed by atoms with Crippen molar-refractivity contribution >= 4 is 5.69 Å². The third-order valence-corrected chi connectivity index (χ3v) is 4.96. The average molecular weight is 350 g/mol. The third kappa shape index (κ3) is 4.77. The number of ether oxygens (including phenoxy) is 4. The van der Waals surface area contributed by atoms with Crippen LogP contribution in [0.2, 0.25) is 0 Å². The minimum absolute atomic E-state index is 0.757. The number of hydrogen-bond donors (Lipinski definition) is 0. The molecule has 2 saturated heterocycles. The molecule has 0 bridgehead atoms. The molecule has 140 valence electrons. The van der Waals surface area contributed by atoms with Gasteiger partial charge in [-0.25, -0.2) is 0 Å². The van der Waals surface area contributed by atoms with Gasteiger partial charge in [-0.3, -0.25) is 4.90 Å². The fraction of sp³-hybridized carbons (Fsp3) is 0.684. The molecule has 0 amide bonds. The molecule has 0 aromatic heterocycles. The molecular weight excluding hydrogens is 320 g/mol. The number of nitrogens with zero attached hydrogens (tertiary/aromatic N) is 2. The number of anilines is 1. The van der Waals surface area contributed by atoms with Crippen LogP contribution in [0.25, 0.3) is 0 Å². The van der Waals surface area contributed by atoms with Crippen LogP contribution in [0.1, 0.15) is 12.0 Å². The molecule has 6 nitrogen and oxygen atoms in total. The van der Waals surface area contributed by atoms with Gasteiger partial charge in [-0.1, -0.05) is 0 Å². The first-order valence-corrected chi connectivity index (χ1v) is 9.19. The van der Waals surface area contributed by atoms with Gasteiger partial charge in [0, 0.05) is 32.2 Å². The first-order chi connectivity index (χ1) is 12.3. The monoisotopic (exact) mass is 350 g/mol. The first-order valence-electron chi connectivity index (χ1n) is 9.19. The van der Waals surface area contributed by atoms with E-state index >= 15 is 0 Å². The zero-order chi connectivity index (χ0) is 17.5. The van der Waals surface area contributed by atoms with Gasteiger partial charge in [0.25, 0.3) is 0 Å². The van der Waals surface area contributed by atoms with Crippen molar-refractivity contribution in [3.63, 3.8) is 0 Å². The smallest absolute Gasteiger partial charge is 0.142 e. The minimum Gasteiger partial charge on any atom is -0.496 e. The number of hydrogen-bond acceptors (Lipinski definition) is 6. The van der Waals surface area contributed by atoms with Crippen LogP contribution in [0.5, 0.6) is 11.5 Å². The fourth-order valence-electron chi connectivity index (χ4n) is 3.51. The molecule has 0 atom stereocenters. The highest BCUT2D eigenvalue weighted by Crippen LogP contribution is 2.36. The van der Waals surface area contributed by atoms with Gasteiger partial charge in [-0.2, -0.15) is 0 Å². The maximum absolute atomic E-state index is 5.67. The largest absolute Gasteiger partial charge is 0.496 e. The summed E-state index contributed by atoms with van der Waals surface area (Å²) in [6.07, 6.45) is 2.09. The Morgan fingerprint density at radius 3 is 2.16 bits per heavy atom. The Morgan fingerprint density at radius 1 is 0.880 bits per heavy atom. The van der Waals surface area contributed by atoms with Crippen LogP contribution in [-0.2, 0) is 15.9 Å². The molecule has 2 heterocycles. The minimum atomic E-state index is 0.757. The second-order valence-electron chi connectivity index (χ2n) is 6.49. The normalized spacial score (nSPS) is 19.0. The van der Waals surface area contributed by atoms with Crippen molar-refractivity contribution in [3.05, 3.63) is 17.7 Å². The summed E-state index contributed by atoms with van der Waals surface area (Å²) in [6, 6.07) is 4.26. The third-order valence-electron chi connectivity index (χ3n) is 4.96. The lowest BCUT2D eigenvalue weighted by Gasteiger charge is -2.31. The molecule has 2 fully saturated rings. The molecule has 1 aromatic carbocycles. The Bertz CT molecular complexity index is 540. The van der Waals surface area contributed by atoms with Gasteiger partial charge in [-0.15, -0.1) is 0 Å². The summed E-state index contributed by atoms with van der Waals surface area (Å²) in [7, 11) is 3.49. The Hall–Kier alpha value is -1.50. The van der Waals surface area contributed by atoms with E-state index < -0.39 is 0 Å². The van der Waals surface area contributed by atoms with Crippen molar-refractivity contribution in [2.45, 2.75) is 12.8 Å². The van der Waals surface area contributed by atoms with E-state index in [4.69, 9.17) is 18.9 Å². The Morgan fingerprint density at radius 2 is 1.52 bits per heavy atom. The summed E-state index contributed by atoms with van der Waals surface area (Å²) < 4.78 is 22.2. The summed E-state index contributed by atoms with van der Waals surface area (Å²) in [5.74, 6) is 1.87. The molecule has 6 heteroatoms. The van der Waals surface area contributed by atoms with Crippen molar-refractivity contribution in [1.29, 1.82) is 0 Å². The highest BCUT2D eigenvalue weighted by molar-refractivity contribution is 5.64. The highest BCUT2D eigenvalue weighted by atomic mass is 16.5.